The van der Waals surface area contributed by atoms with Crippen LogP contribution in [-0.2, 0) is 0 Å². The van der Waals surface area contributed by atoms with E-state index in [9.17, 15) is 4.79 Å². The molecule has 0 N–H and O–H groups in total. The predicted octanol–water partition coefficient (Wildman–Crippen LogP) is 4.75. The van der Waals surface area contributed by atoms with Crippen molar-refractivity contribution in [2.24, 2.45) is 5.10 Å². The second kappa shape index (κ2) is 8.35. The molecule has 3 aromatic carbocycles. The van der Waals surface area contributed by atoms with E-state index in [1.807, 2.05) is 95.7 Å². The Labute approximate surface area is 184 Å². The minimum atomic E-state index is -0.215. The lowest BCUT2D eigenvalue weighted by atomic mass is 10.2. The first-order valence-corrected chi connectivity index (χ1v) is 10.2. The predicted molar refractivity (Wildman–Crippen MR) is 127 cm³/mol. The quantitative estimate of drug-likeness (QED) is 0.386. The van der Waals surface area contributed by atoms with Crippen molar-refractivity contribution in [3.63, 3.8) is 0 Å². The Hall–Kier alpha value is -4.45. The molecule has 0 bridgehead atoms. The van der Waals surface area contributed by atoms with E-state index in [0.29, 0.717) is 16.7 Å². The van der Waals surface area contributed by atoms with Crippen molar-refractivity contribution in [2.45, 2.75) is 0 Å². The van der Waals surface area contributed by atoms with Crippen molar-refractivity contribution >= 4 is 17.1 Å². The molecule has 0 saturated heterocycles. The monoisotopic (exact) mass is 420 g/mol. The molecule has 0 aliphatic heterocycles. The summed E-state index contributed by atoms with van der Waals surface area (Å²) in [5.74, 6) is 1.28. The first kappa shape index (κ1) is 19.5. The van der Waals surface area contributed by atoms with Crippen LogP contribution < -0.4 is 10.3 Å². The van der Waals surface area contributed by atoms with Gasteiger partial charge in [-0.15, -0.1) is 0 Å². The molecule has 0 aliphatic carbocycles. The van der Waals surface area contributed by atoms with Crippen molar-refractivity contribution in [3.8, 4) is 22.8 Å². The van der Waals surface area contributed by atoms with Crippen molar-refractivity contribution < 1.29 is 4.74 Å². The van der Waals surface area contributed by atoms with Crippen LogP contribution >= 0.6 is 0 Å². The van der Waals surface area contributed by atoms with Gasteiger partial charge in [0.15, 0.2) is 5.82 Å². The maximum Gasteiger partial charge on any atom is 0.282 e. The first-order chi connectivity index (χ1) is 15.7. The molecule has 0 fully saturated rings. The summed E-state index contributed by atoms with van der Waals surface area (Å²) in [6.45, 7) is 0. The number of hydrogen-bond donors (Lipinski definition) is 0. The van der Waals surface area contributed by atoms with Gasteiger partial charge in [0.25, 0.3) is 5.56 Å². The summed E-state index contributed by atoms with van der Waals surface area (Å²) in [7, 11) is 1.64. The molecule has 0 unspecified atom stereocenters. The smallest absolute Gasteiger partial charge is 0.282 e. The van der Waals surface area contributed by atoms with Gasteiger partial charge in [-0.05, 0) is 48.5 Å². The lowest BCUT2D eigenvalue weighted by Crippen LogP contribution is -2.20. The Morgan fingerprint density at radius 3 is 2.41 bits per heavy atom. The lowest BCUT2D eigenvalue weighted by molar-refractivity contribution is 0.415. The molecule has 6 nitrogen and oxygen atoms in total. The Balaban J connectivity index is 1.63. The average Bonchev–Trinajstić information content (AvgIpc) is 3.32. The van der Waals surface area contributed by atoms with Crippen LogP contribution in [0.4, 0.5) is 0 Å². The highest BCUT2D eigenvalue weighted by Gasteiger charge is 2.12. The molecule has 32 heavy (non-hydrogen) atoms. The Kier molecular flexibility index (Phi) is 5.09. The van der Waals surface area contributed by atoms with Gasteiger partial charge in [-0.2, -0.15) is 9.78 Å². The molecule has 0 spiro atoms. The number of fused-ring (bicyclic) bond motifs is 1. The number of rotatable bonds is 5. The van der Waals surface area contributed by atoms with E-state index in [-0.39, 0.29) is 5.56 Å². The fourth-order valence-electron chi connectivity index (χ4n) is 3.60. The number of aromatic nitrogens is 3. The molecular weight excluding hydrogens is 400 g/mol. The van der Waals surface area contributed by atoms with Gasteiger partial charge in [-0.25, -0.2) is 4.98 Å². The van der Waals surface area contributed by atoms with E-state index in [4.69, 9.17) is 9.72 Å². The van der Waals surface area contributed by atoms with E-state index in [2.05, 4.69) is 5.10 Å². The van der Waals surface area contributed by atoms with Crippen molar-refractivity contribution in [3.05, 3.63) is 113 Å². The second-order valence-corrected chi connectivity index (χ2v) is 7.18. The fourth-order valence-corrected chi connectivity index (χ4v) is 3.60. The van der Waals surface area contributed by atoms with Crippen LogP contribution in [0.3, 0.4) is 0 Å². The highest BCUT2D eigenvalue weighted by molar-refractivity contribution is 5.81. The number of hydrogen-bond acceptors (Lipinski definition) is 4. The van der Waals surface area contributed by atoms with E-state index in [0.717, 1.165) is 22.7 Å². The maximum absolute atomic E-state index is 13.3. The molecule has 6 heteroatoms. The third-order valence-corrected chi connectivity index (χ3v) is 5.22. The normalized spacial score (nSPS) is 11.3. The zero-order valence-corrected chi connectivity index (χ0v) is 17.4. The van der Waals surface area contributed by atoms with Crippen molar-refractivity contribution in [1.29, 1.82) is 0 Å². The van der Waals surface area contributed by atoms with Crippen LogP contribution in [0.25, 0.3) is 28.0 Å². The van der Waals surface area contributed by atoms with Crippen LogP contribution in [0, 0.1) is 0 Å². The number of nitrogens with zero attached hydrogens (tertiary/aromatic N) is 4. The summed E-state index contributed by atoms with van der Waals surface area (Å²) in [6.07, 6.45) is 3.62. The zero-order valence-electron chi connectivity index (χ0n) is 17.4. The molecule has 156 valence electrons. The topological polar surface area (TPSA) is 61.4 Å². The first-order valence-electron chi connectivity index (χ1n) is 10.2. The minimum absolute atomic E-state index is 0.215. The van der Waals surface area contributed by atoms with Gasteiger partial charge in [0.2, 0.25) is 0 Å². The number of methoxy groups -OCH3 is 1. The van der Waals surface area contributed by atoms with Gasteiger partial charge in [0.05, 0.1) is 29.9 Å². The summed E-state index contributed by atoms with van der Waals surface area (Å²) < 4.78 is 8.60. The standard InChI is InChI=1S/C26H20N4O2/c1-32-22-15-13-20(14-16-22)29-17-7-10-21(29)18-27-30-25(19-8-3-2-4-9-19)28-24-12-6-5-11-23(24)26(30)31/h2-18H,1H3. The van der Waals surface area contributed by atoms with E-state index in [1.54, 1.807) is 19.4 Å². The van der Waals surface area contributed by atoms with E-state index < -0.39 is 0 Å². The molecular formula is C26H20N4O2. The second-order valence-electron chi connectivity index (χ2n) is 7.18. The summed E-state index contributed by atoms with van der Waals surface area (Å²) in [5, 5.41) is 5.09. The summed E-state index contributed by atoms with van der Waals surface area (Å²) in [5.41, 5.74) is 3.04. The van der Waals surface area contributed by atoms with Gasteiger partial charge < -0.3 is 9.30 Å². The summed E-state index contributed by atoms with van der Waals surface area (Å²) in [6, 6.07) is 28.5. The molecule has 5 aromatic rings. The molecule has 0 saturated carbocycles. The molecule has 0 atom stereocenters. The minimum Gasteiger partial charge on any atom is -0.497 e. The van der Waals surface area contributed by atoms with E-state index in [1.165, 1.54) is 4.68 Å². The third-order valence-electron chi connectivity index (χ3n) is 5.22. The largest absolute Gasteiger partial charge is 0.497 e. The molecule has 5 rings (SSSR count). The summed E-state index contributed by atoms with van der Waals surface area (Å²) in [4.78, 5) is 18.0. The highest BCUT2D eigenvalue weighted by atomic mass is 16.5. The van der Waals surface area contributed by atoms with Crippen LogP contribution in [0.5, 0.6) is 5.75 Å². The Bertz CT molecular complexity index is 1470. The van der Waals surface area contributed by atoms with Crippen LogP contribution in [0.15, 0.2) is 107 Å². The van der Waals surface area contributed by atoms with E-state index >= 15 is 0 Å². The van der Waals surface area contributed by atoms with Gasteiger partial charge in [0.1, 0.15) is 5.75 Å². The maximum atomic E-state index is 13.3. The molecule has 0 aliphatic rings. The molecule has 0 amide bonds. The van der Waals surface area contributed by atoms with Gasteiger partial charge in [0, 0.05) is 17.4 Å². The summed E-state index contributed by atoms with van der Waals surface area (Å²) >= 11 is 0. The van der Waals surface area contributed by atoms with Crippen LogP contribution in [0.2, 0.25) is 0 Å². The van der Waals surface area contributed by atoms with Gasteiger partial charge >= 0.3 is 0 Å². The Morgan fingerprint density at radius 2 is 1.62 bits per heavy atom. The van der Waals surface area contributed by atoms with Crippen molar-refractivity contribution in [2.75, 3.05) is 7.11 Å². The molecule has 0 radical (unpaired) electrons. The van der Waals surface area contributed by atoms with Crippen LogP contribution in [-0.4, -0.2) is 27.6 Å². The number of para-hydroxylation sites is 1. The molecule has 2 heterocycles. The lowest BCUT2D eigenvalue weighted by Gasteiger charge is -2.10. The SMILES string of the molecule is COc1ccc(-n2cccc2C=Nn2c(-c3ccccc3)nc3ccccc3c2=O)cc1. The third kappa shape index (κ3) is 3.58. The van der Waals surface area contributed by atoms with Gasteiger partial charge in [-0.3, -0.25) is 4.79 Å². The average molecular weight is 420 g/mol. The number of benzene rings is 3. The van der Waals surface area contributed by atoms with Crippen LogP contribution in [0.1, 0.15) is 5.69 Å². The van der Waals surface area contributed by atoms with Gasteiger partial charge in [-0.1, -0.05) is 42.5 Å². The molecule has 2 aromatic heterocycles. The highest BCUT2D eigenvalue weighted by Crippen LogP contribution is 2.19. The zero-order chi connectivity index (χ0) is 21.9. The Morgan fingerprint density at radius 1 is 0.875 bits per heavy atom. The number of ether oxygens (including phenoxy) is 1. The van der Waals surface area contributed by atoms with Crippen molar-refractivity contribution in [1.82, 2.24) is 14.2 Å². The fraction of sp³-hybridized carbons (Fsp3) is 0.0385.